The summed E-state index contributed by atoms with van der Waals surface area (Å²) >= 11 is 0. The van der Waals surface area contributed by atoms with Crippen molar-refractivity contribution in [1.29, 1.82) is 0 Å². The number of rotatable bonds is 10. The van der Waals surface area contributed by atoms with Gasteiger partial charge >= 0.3 is 18.2 Å². The van der Waals surface area contributed by atoms with E-state index in [9.17, 15) is 23.9 Å². The molecule has 0 radical (unpaired) electrons. The summed E-state index contributed by atoms with van der Waals surface area (Å²) in [6.07, 6.45) is 2.02. The molecule has 0 spiro atoms. The molecule has 0 bridgehead atoms. The first-order chi connectivity index (χ1) is 17.2. The minimum absolute atomic E-state index is 0.128. The third-order valence-electron chi connectivity index (χ3n) is 6.05. The minimum atomic E-state index is -1.76. The topological polar surface area (TPSA) is 114 Å². The van der Waals surface area contributed by atoms with E-state index in [1.807, 2.05) is 13.8 Å². The van der Waals surface area contributed by atoms with Gasteiger partial charge in [0.05, 0.1) is 12.7 Å². The summed E-state index contributed by atoms with van der Waals surface area (Å²) in [5.74, 6) is -1.07. The molecule has 0 unspecified atom stereocenters. The smallest absolute Gasteiger partial charge is 0.410 e. The van der Waals surface area contributed by atoms with E-state index in [4.69, 9.17) is 14.2 Å². The molecule has 208 valence electrons. The molecule has 2 rings (SSSR count). The average molecular weight is 525 g/mol. The number of carboxylic acids is 1. The Kier molecular flexibility index (Phi) is 10.6. The fraction of sp³-hybridized carbons (Fsp3) is 0.667. The van der Waals surface area contributed by atoms with Crippen molar-refractivity contribution in [3.63, 3.8) is 0 Å². The number of halogens is 1. The van der Waals surface area contributed by atoms with Crippen LogP contribution in [0.5, 0.6) is 5.75 Å². The maximum atomic E-state index is 14.8. The number of nitrogens with one attached hydrogen (secondary N) is 1. The molecule has 1 atom stereocenters. The number of alkyl carbamates (subject to hydrolysis) is 1. The molecule has 1 heterocycles. The Morgan fingerprint density at radius 1 is 1.16 bits per heavy atom. The van der Waals surface area contributed by atoms with E-state index in [2.05, 4.69) is 5.32 Å². The summed E-state index contributed by atoms with van der Waals surface area (Å²) in [5, 5.41) is 12.0. The predicted octanol–water partition coefficient (Wildman–Crippen LogP) is 5.15. The second-order valence-electron chi connectivity index (χ2n) is 11.0. The van der Waals surface area contributed by atoms with E-state index in [1.165, 1.54) is 19.1 Å². The second kappa shape index (κ2) is 13.0. The lowest BCUT2D eigenvalue weighted by Crippen LogP contribution is -2.55. The highest BCUT2D eigenvalue weighted by atomic mass is 19.1. The SMILES string of the molecule is CC(C)OC(=O)N1CCC(CCCOc2ccc(C[C@](C)(NC(=O)OC(C)(C)C)C(=O)O)c(F)c2)CC1. The lowest BCUT2D eigenvalue weighted by Gasteiger charge is -2.31. The highest BCUT2D eigenvalue weighted by Crippen LogP contribution is 2.25. The van der Waals surface area contributed by atoms with Gasteiger partial charge in [-0.25, -0.2) is 18.8 Å². The molecule has 9 nitrogen and oxygen atoms in total. The van der Waals surface area contributed by atoms with Crippen LogP contribution in [0.25, 0.3) is 0 Å². The highest BCUT2D eigenvalue weighted by molar-refractivity contribution is 5.84. The Hall–Kier alpha value is -3.04. The molecule has 2 N–H and O–H groups in total. The minimum Gasteiger partial charge on any atom is -0.493 e. The van der Waals surface area contributed by atoms with Crippen LogP contribution in [0, 0.1) is 11.7 Å². The lowest BCUT2D eigenvalue weighted by atomic mass is 9.92. The van der Waals surface area contributed by atoms with Crippen molar-refractivity contribution in [2.75, 3.05) is 19.7 Å². The predicted molar refractivity (Wildman–Crippen MR) is 136 cm³/mol. The van der Waals surface area contributed by atoms with Crippen molar-refractivity contribution >= 4 is 18.2 Å². The first-order valence-corrected chi connectivity index (χ1v) is 12.8. The zero-order chi connectivity index (χ0) is 27.8. The van der Waals surface area contributed by atoms with Crippen molar-refractivity contribution in [2.45, 2.75) is 90.9 Å². The van der Waals surface area contributed by atoms with Crippen molar-refractivity contribution in [2.24, 2.45) is 5.92 Å². The van der Waals surface area contributed by atoms with Crippen LogP contribution in [0.15, 0.2) is 18.2 Å². The molecule has 1 aliphatic rings. The Morgan fingerprint density at radius 2 is 1.81 bits per heavy atom. The number of nitrogens with zero attached hydrogens (tertiary/aromatic N) is 1. The maximum absolute atomic E-state index is 14.8. The molecule has 1 saturated heterocycles. The number of carbonyl (C=O) groups excluding carboxylic acids is 2. The first kappa shape index (κ1) is 30.2. The van der Waals surface area contributed by atoms with Gasteiger partial charge in [-0.05, 0) is 84.8 Å². The van der Waals surface area contributed by atoms with Gasteiger partial charge in [-0.1, -0.05) is 6.07 Å². The lowest BCUT2D eigenvalue weighted by molar-refractivity contribution is -0.144. The van der Waals surface area contributed by atoms with Gasteiger partial charge in [-0.2, -0.15) is 0 Å². The summed E-state index contributed by atoms with van der Waals surface area (Å²) in [4.78, 5) is 37.7. The van der Waals surface area contributed by atoms with Gasteiger partial charge in [-0.15, -0.1) is 0 Å². The van der Waals surface area contributed by atoms with Crippen LogP contribution < -0.4 is 10.1 Å². The van der Waals surface area contributed by atoms with Gasteiger partial charge in [0, 0.05) is 25.6 Å². The number of carboxylic acid groups (broad SMARTS) is 1. The van der Waals surface area contributed by atoms with E-state index >= 15 is 0 Å². The monoisotopic (exact) mass is 524 g/mol. The molecule has 0 saturated carbocycles. The van der Waals surface area contributed by atoms with Gasteiger partial charge in [0.25, 0.3) is 0 Å². The number of piperidine rings is 1. The van der Waals surface area contributed by atoms with Gasteiger partial charge in [-0.3, -0.25) is 0 Å². The van der Waals surface area contributed by atoms with Crippen LogP contribution in [0.1, 0.15) is 72.8 Å². The number of hydrogen-bond donors (Lipinski definition) is 2. The van der Waals surface area contributed by atoms with Gasteiger partial charge in [0.15, 0.2) is 0 Å². The molecule has 37 heavy (non-hydrogen) atoms. The van der Waals surface area contributed by atoms with Crippen LogP contribution in [0.4, 0.5) is 14.0 Å². The molecular weight excluding hydrogens is 483 g/mol. The number of carbonyl (C=O) groups is 3. The number of aliphatic carboxylic acids is 1. The van der Waals surface area contributed by atoms with E-state index in [1.54, 1.807) is 31.7 Å². The second-order valence-corrected chi connectivity index (χ2v) is 11.0. The largest absolute Gasteiger partial charge is 0.493 e. The summed E-state index contributed by atoms with van der Waals surface area (Å²) < 4.78 is 30.9. The summed E-state index contributed by atoms with van der Waals surface area (Å²) in [6.45, 7) is 11.8. The Bertz CT molecular complexity index is 939. The van der Waals surface area contributed by atoms with Crippen molar-refractivity contribution in [3.8, 4) is 5.75 Å². The normalized spacial score (nSPS) is 16.2. The molecular formula is C27H41FN2O7. The van der Waals surface area contributed by atoms with Gasteiger partial charge < -0.3 is 29.5 Å². The third kappa shape index (κ3) is 10.1. The average Bonchev–Trinajstić information content (AvgIpc) is 2.77. The van der Waals surface area contributed by atoms with Crippen LogP contribution >= 0.6 is 0 Å². The summed E-state index contributed by atoms with van der Waals surface area (Å²) in [7, 11) is 0. The number of likely N-dealkylation sites (tertiary alicyclic amines) is 1. The number of benzene rings is 1. The Morgan fingerprint density at radius 3 is 2.35 bits per heavy atom. The number of hydrogen-bond acceptors (Lipinski definition) is 6. The zero-order valence-corrected chi connectivity index (χ0v) is 22.8. The van der Waals surface area contributed by atoms with Crippen molar-refractivity contribution in [3.05, 3.63) is 29.6 Å². The highest BCUT2D eigenvalue weighted by Gasteiger charge is 2.37. The zero-order valence-electron chi connectivity index (χ0n) is 22.8. The molecule has 2 amide bonds. The van der Waals surface area contributed by atoms with E-state index in [-0.39, 0.29) is 24.2 Å². The molecule has 0 aromatic heterocycles. The molecule has 1 fully saturated rings. The van der Waals surface area contributed by atoms with E-state index < -0.39 is 29.0 Å². The Balaban J connectivity index is 1.82. The number of ether oxygens (including phenoxy) is 3. The van der Waals surface area contributed by atoms with E-state index in [0.717, 1.165) is 25.7 Å². The molecule has 1 aliphatic heterocycles. The van der Waals surface area contributed by atoms with Crippen LogP contribution in [0.3, 0.4) is 0 Å². The van der Waals surface area contributed by atoms with Crippen molar-refractivity contribution < 1.29 is 38.1 Å². The first-order valence-electron chi connectivity index (χ1n) is 12.8. The molecule has 1 aromatic carbocycles. The number of amides is 2. The molecule has 10 heteroatoms. The third-order valence-corrected chi connectivity index (χ3v) is 6.05. The summed E-state index contributed by atoms with van der Waals surface area (Å²) in [6, 6.07) is 4.28. The fourth-order valence-electron chi connectivity index (χ4n) is 4.09. The quantitative estimate of drug-likeness (QED) is 0.407. The molecule has 0 aliphatic carbocycles. The van der Waals surface area contributed by atoms with E-state index in [0.29, 0.717) is 31.4 Å². The van der Waals surface area contributed by atoms with Gasteiger partial charge in [0.1, 0.15) is 22.7 Å². The summed E-state index contributed by atoms with van der Waals surface area (Å²) in [5.41, 5.74) is -2.42. The molecule has 1 aromatic rings. The fourth-order valence-corrected chi connectivity index (χ4v) is 4.09. The van der Waals surface area contributed by atoms with Crippen LogP contribution in [-0.4, -0.2) is 65.1 Å². The van der Waals surface area contributed by atoms with Crippen LogP contribution in [-0.2, 0) is 20.7 Å². The Labute approximate surface area is 218 Å². The maximum Gasteiger partial charge on any atom is 0.410 e. The standard InChI is InChI=1S/C27H41FN2O7/c1-18(2)36-25(34)30-13-11-19(12-14-30)8-7-15-35-21-10-9-20(22(28)16-21)17-27(6,23(31)32)29-24(33)37-26(3,4)5/h9-10,16,18-19H,7-8,11-15,17H2,1-6H3,(H,29,33)(H,31,32)/t27-/m0/s1. The van der Waals surface area contributed by atoms with Crippen molar-refractivity contribution in [1.82, 2.24) is 10.2 Å². The van der Waals surface area contributed by atoms with Crippen LogP contribution in [0.2, 0.25) is 0 Å². The van der Waals surface area contributed by atoms with Gasteiger partial charge in [0.2, 0.25) is 0 Å².